The van der Waals surface area contributed by atoms with E-state index in [2.05, 4.69) is 26.2 Å². The van der Waals surface area contributed by atoms with Gasteiger partial charge in [-0.05, 0) is 47.9 Å². The van der Waals surface area contributed by atoms with Crippen molar-refractivity contribution in [1.29, 1.82) is 0 Å². The Balaban J connectivity index is 1.59. The van der Waals surface area contributed by atoms with Crippen LogP contribution in [0.25, 0.3) is 11.6 Å². The molecule has 136 valence electrons. The molecule has 27 heavy (non-hydrogen) atoms. The van der Waals surface area contributed by atoms with Crippen LogP contribution >= 0.6 is 0 Å². The number of benzene rings is 2. The van der Waals surface area contributed by atoms with Crippen molar-refractivity contribution in [3.05, 3.63) is 58.7 Å². The van der Waals surface area contributed by atoms with Gasteiger partial charge in [0, 0.05) is 23.4 Å². The van der Waals surface area contributed by atoms with Crippen molar-refractivity contribution in [2.45, 2.75) is 6.92 Å². The first kappa shape index (κ1) is 16.8. The zero-order valence-corrected chi connectivity index (χ0v) is 14.8. The lowest BCUT2D eigenvalue weighted by Crippen LogP contribution is -2.30. The molecule has 0 fully saturated rings. The van der Waals surface area contributed by atoms with Crippen LogP contribution in [-0.4, -0.2) is 36.3 Å². The van der Waals surface area contributed by atoms with E-state index >= 15 is 0 Å². The van der Waals surface area contributed by atoms with Crippen molar-refractivity contribution in [3.63, 3.8) is 0 Å². The summed E-state index contributed by atoms with van der Waals surface area (Å²) < 4.78 is 0. The number of carbonyl (C=O) groups excluding carboxylic acids is 1. The summed E-state index contributed by atoms with van der Waals surface area (Å²) in [5, 5.41) is 20.1. The number of aryl methyl sites for hydroxylation is 1. The van der Waals surface area contributed by atoms with Gasteiger partial charge in [-0.1, -0.05) is 18.2 Å². The number of phenols is 1. The maximum absolute atomic E-state index is 12.3. The zero-order chi connectivity index (χ0) is 18.8. The summed E-state index contributed by atoms with van der Waals surface area (Å²) in [4.78, 5) is 16.5. The molecule has 2 aromatic rings. The molecule has 7 heteroatoms. The van der Waals surface area contributed by atoms with Gasteiger partial charge in [-0.3, -0.25) is 4.79 Å². The number of aliphatic imine (C=N–C) groups is 1. The van der Waals surface area contributed by atoms with E-state index in [1.54, 1.807) is 25.3 Å². The van der Waals surface area contributed by atoms with Crippen LogP contribution in [-0.2, 0) is 4.79 Å². The minimum Gasteiger partial charge on any atom is -0.508 e. The predicted octanol–water partition coefficient (Wildman–Crippen LogP) is 2.08. The zero-order valence-electron chi connectivity index (χ0n) is 14.8. The van der Waals surface area contributed by atoms with Gasteiger partial charge >= 0.3 is 0 Å². The van der Waals surface area contributed by atoms with Crippen molar-refractivity contribution in [2.75, 3.05) is 18.4 Å². The molecule has 0 spiro atoms. The molecule has 0 atom stereocenters. The summed E-state index contributed by atoms with van der Waals surface area (Å²) in [5.41, 5.74) is 7.28. The van der Waals surface area contributed by atoms with Crippen LogP contribution in [0.1, 0.15) is 22.3 Å². The highest BCUT2D eigenvalue weighted by Crippen LogP contribution is 2.37. The molecule has 0 aromatic heterocycles. The third-order valence-corrected chi connectivity index (χ3v) is 4.40. The first-order valence-corrected chi connectivity index (χ1v) is 8.65. The molecule has 2 heterocycles. The van der Waals surface area contributed by atoms with E-state index in [-0.39, 0.29) is 11.7 Å². The van der Waals surface area contributed by atoms with E-state index in [0.29, 0.717) is 22.8 Å². The number of amides is 1. The topological polar surface area (TPSA) is 98.1 Å². The number of anilines is 1. The van der Waals surface area contributed by atoms with Crippen LogP contribution in [0.15, 0.2) is 46.5 Å². The smallest absolute Gasteiger partial charge is 0.256 e. The molecule has 2 aliphatic rings. The molecule has 7 nitrogen and oxygen atoms in total. The first-order valence-electron chi connectivity index (χ1n) is 8.65. The second kappa shape index (κ2) is 6.95. The van der Waals surface area contributed by atoms with Gasteiger partial charge in [-0.2, -0.15) is 5.10 Å². The molecule has 0 bridgehead atoms. The molecule has 1 amide bonds. The highest BCUT2D eigenvalue weighted by Gasteiger charge is 2.25. The summed E-state index contributed by atoms with van der Waals surface area (Å²) in [6.07, 6.45) is 3.51. The van der Waals surface area contributed by atoms with Gasteiger partial charge in [0.15, 0.2) is 0 Å². The van der Waals surface area contributed by atoms with Gasteiger partial charge in [0.25, 0.3) is 5.91 Å². The lowest BCUT2D eigenvalue weighted by atomic mass is 10.0. The van der Waals surface area contributed by atoms with Gasteiger partial charge in [0.2, 0.25) is 5.96 Å². The van der Waals surface area contributed by atoms with Crippen LogP contribution in [0, 0.1) is 6.92 Å². The van der Waals surface area contributed by atoms with Gasteiger partial charge in [-0.25, -0.2) is 10.4 Å². The number of rotatable bonds is 3. The van der Waals surface area contributed by atoms with Crippen LogP contribution in [0.3, 0.4) is 0 Å². The summed E-state index contributed by atoms with van der Waals surface area (Å²) >= 11 is 0. The maximum atomic E-state index is 12.3. The number of phenolic OH excluding ortho intramolecular Hbond substituents is 1. The molecular formula is C20H19N5O2. The summed E-state index contributed by atoms with van der Waals surface area (Å²) in [5.74, 6) is 0.659. The van der Waals surface area contributed by atoms with Crippen LogP contribution in [0.2, 0.25) is 0 Å². The number of hydrogen-bond acceptors (Lipinski definition) is 6. The molecule has 0 radical (unpaired) electrons. The molecule has 0 unspecified atom stereocenters. The normalized spacial score (nSPS) is 17.0. The standard InChI is InChI=1S/C20H19N5O2/c1-12-7-17-15(10-18(12)26)16(19(27)24-17)9-13-3-2-4-14(8-13)11-23-25-20-21-5-6-22-20/h2-4,7-11,26H,5-6H2,1H3,(H,24,27)(H2,21,22,25)/b16-9+,23-11+. The largest absolute Gasteiger partial charge is 0.508 e. The second-order valence-electron chi connectivity index (χ2n) is 6.39. The number of hydrazone groups is 1. The van der Waals surface area contributed by atoms with Crippen LogP contribution in [0.4, 0.5) is 5.69 Å². The van der Waals surface area contributed by atoms with Crippen molar-refractivity contribution in [2.24, 2.45) is 10.1 Å². The quantitative estimate of drug-likeness (QED) is 0.291. The fourth-order valence-corrected chi connectivity index (χ4v) is 3.01. The van der Waals surface area contributed by atoms with Crippen molar-refractivity contribution in [1.82, 2.24) is 10.7 Å². The number of carbonyl (C=O) groups is 1. The molecule has 4 N–H and O–H groups in total. The van der Waals surface area contributed by atoms with E-state index in [9.17, 15) is 9.90 Å². The lowest BCUT2D eigenvalue weighted by molar-refractivity contribution is -0.110. The average molecular weight is 361 g/mol. The molecule has 2 aromatic carbocycles. The summed E-state index contributed by atoms with van der Waals surface area (Å²) in [6.45, 7) is 3.37. The Hall–Kier alpha value is -3.61. The number of hydrogen-bond donors (Lipinski definition) is 4. The molecular weight excluding hydrogens is 342 g/mol. The monoisotopic (exact) mass is 361 g/mol. The Morgan fingerprint density at radius 2 is 2.11 bits per heavy atom. The summed E-state index contributed by atoms with van der Waals surface area (Å²) in [6, 6.07) is 11.1. The second-order valence-corrected chi connectivity index (χ2v) is 6.39. The number of nitrogens with one attached hydrogen (secondary N) is 3. The Morgan fingerprint density at radius 3 is 2.93 bits per heavy atom. The summed E-state index contributed by atoms with van der Waals surface area (Å²) in [7, 11) is 0. The SMILES string of the molecule is Cc1cc2c(cc1O)/C(=C\c1cccc(/C=N/NC3=NCCN3)c1)C(=O)N2. The first-order chi connectivity index (χ1) is 13.1. The maximum Gasteiger partial charge on any atom is 0.256 e. The average Bonchev–Trinajstić information content (AvgIpc) is 3.25. The third kappa shape index (κ3) is 3.52. The number of nitrogens with zero attached hydrogens (tertiary/aromatic N) is 2. The highest BCUT2D eigenvalue weighted by molar-refractivity contribution is 6.35. The Morgan fingerprint density at radius 1 is 1.26 bits per heavy atom. The minimum atomic E-state index is -0.180. The molecule has 2 aliphatic heterocycles. The van der Waals surface area contributed by atoms with E-state index in [1.165, 1.54) is 0 Å². The molecule has 0 saturated heterocycles. The van der Waals surface area contributed by atoms with Crippen LogP contribution in [0.5, 0.6) is 5.75 Å². The van der Waals surface area contributed by atoms with E-state index in [0.717, 1.165) is 29.8 Å². The third-order valence-electron chi connectivity index (χ3n) is 4.40. The predicted molar refractivity (Wildman–Crippen MR) is 107 cm³/mol. The van der Waals surface area contributed by atoms with E-state index in [1.807, 2.05) is 30.3 Å². The number of aromatic hydroxyl groups is 1. The molecule has 0 saturated carbocycles. The Labute approximate surface area is 156 Å². The van der Waals surface area contributed by atoms with E-state index in [4.69, 9.17) is 0 Å². The Bertz CT molecular complexity index is 1010. The Kier molecular flexibility index (Phi) is 4.33. The highest BCUT2D eigenvalue weighted by atomic mass is 16.3. The van der Waals surface area contributed by atoms with Gasteiger partial charge in [-0.15, -0.1) is 0 Å². The fraction of sp³-hybridized carbons (Fsp3) is 0.150. The van der Waals surface area contributed by atoms with Gasteiger partial charge in [0.05, 0.1) is 12.8 Å². The van der Waals surface area contributed by atoms with E-state index < -0.39 is 0 Å². The lowest BCUT2D eigenvalue weighted by Gasteiger charge is -2.04. The minimum absolute atomic E-state index is 0.173. The van der Waals surface area contributed by atoms with Crippen molar-refractivity contribution in [3.8, 4) is 5.75 Å². The fourth-order valence-electron chi connectivity index (χ4n) is 3.01. The van der Waals surface area contributed by atoms with Gasteiger partial charge in [0.1, 0.15) is 5.75 Å². The van der Waals surface area contributed by atoms with Gasteiger partial charge < -0.3 is 15.7 Å². The van der Waals surface area contributed by atoms with Crippen molar-refractivity contribution < 1.29 is 9.90 Å². The molecule has 0 aliphatic carbocycles. The number of fused-ring (bicyclic) bond motifs is 1. The molecule has 4 rings (SSSR count). The van der Waals surface area contributed by atoms with Crippen LogP contribution < -0.4 is 16.1 Å². The van der Waals surface area contributed by atoms with Crippen molar-refractivity contribution >= 4 is 35.4 Å². The number of guanidine groups is 1.